The third-order valence-corrected chi connectivity index (χ3v) is 6.02. The highest BCUT2D eigenvalue weighted by molar-refractivity contribution is 6.05. The van der Waals surface area contributed by atoms with E-state index in [0.29, 0.717) is 40.9 Å². The van der Waals surface area contributed by atoms with Crippen LogP contribution in [0.15, 0.2) is 60.7 Å². The van der Waals surface area contributed by atoms with Crippen LogP contribution in [0.5, 0.6) is 0 Å². The van der Waals surface area contributed by atoms with Gasteiger partial charge in [0, 0.05) is 41.5 Å². The molecule has 6 heteroatoms. The molecule has 0 spiro atoms. The first-order valence-corrected chi connectivity index (χ1v) is 11.1. The molecule has 4 nitrogen and oxygen atoms in total. The molecule has 0 unspecified atom stereocenters. The van der Waals surface area contributed by atoms with Crippen LogP contribution in [0, 0.1) is 18.2 Å². The summed E-state index contributed by atoms with van der Waals surface area (Å²) in [6.45, 7) is 3.17. The van der Waals surface area contributed by atoms with Crippen molar-refractivity contribution in [3.05, 3.63) is 88.7 Å². The lowest BCUT2D eigenvalue weighted by Gasteiger charge is -2.14. The maximum Gasteiger partial charge on any atom is 0.157 e. The predicted octanol–water partition coefficient (Wildman–Crippen LogP) is 5.49. The molecule has 4 rings (SSSR count). The fourth-order valence-corrected chi connectivity index (χ4v) is 4.28. The molecule has 0 aliphatic heterocycles. The Bertz CT molecular complexity index is 1280. The van der Waals surface area contributed by atoms with Gasteiger partial charge in [-0.15, -0.1) is 0 Å². The first-order chi connectivity index (χ1) is 16.0. The summed E-state index contributed by atoms with van der Waals surface area (Å²) in [5.74, 6) is -0.361. The van der Waals surface area contributed by atoms with Crippen LogP contribution in [0.4, 0.5) is 14.5 Å². The number of nitrogens with two attached hydrogens (primary N) is 1. The van der Waals surface area contributed by atoms with Crippen molar-refractivity contribution in [2.45, 2.75) is 19.9 Å². The molecule has 0 aliphatic carbocycles. The quantitative estimate of drug-likeness (QED) is 0.181. The maximum absolute atomic E-state index is 15.9. The number of benzene rings is 3. The van der Waals surface area contributed by atoms with Crippen LogP contribution < -0.4 is 11.1 Å². The number of fused-ring (bicyclic) bond motifs is 1. The molecule has 0 saturated heterocycles. The van der Waals surface area contributed by atoms with Crippen molar-refractivity contribution in [2.75, 3.05) is 25.5 Å². The van der Waals surface area contributed by atoms with Crippen LogP contribution in [-0.2, 0) is 13.0 Å². The van der Waals surface area contributed by atoms with E-state index in [1.165, 1.54) is 0 Å². The topological polar surface area (TPSA) is 66.8 Å². The fraction of sp³-hybridized carbons (Fsp3) is 0.222. The number of nitrogens with one attached hydrogen (secondary N) is 2. The van der Waals surface area contributed by atoms with Crippen molar-refractivity contribution in [1.29, 1.82) is 5.41 Å². The zero-order chi connectivity index (χ0) is 23.4. The van der Waals surface area contributed by atoms with E-state index in [1.54, 1.807) is 6.07 Å². The Kier molecular flexibility index (Phi) is 6.84. The molecule has 0 bridgehead atoms. The molecule has 0 atom stereocenters. The second-order valence-corrected chi connectivity index (χ2v) is 8.18. The minimum absolute atomic E-state index is 0.361. The first-order valence-electron chi connectivity index (χ1n) is 11.1. The molecule has 4 N–H and O–H groups in total. The number of nitrogens with zero attached hydrogens (tertiary/aromatic N) is 1. The summed E-state index contributed by atoms with van der Waals surface area (Å²) in [5.41, 5.74) is 12.0. The van der Waals surface area contributed by atoms with Gasteiger partial charge in [0.25, 0.3) is 0 Å². The average molecular weight is 447 g/mol. The smallest absolute Gasteiger partial charge is 0.157 e. The Morgan fingerprint density at radius 3 is 2.42 bits per heavy atom. The molecule has 0 radical (unpaired) electrons. The number of aromatic nitrogens is 1. The first kappa shape index (κ1) is 22.7. The van der Waals surface area contributed by atoms with E-state index >= 15 is 4.39 Å². The number of nitrogen functional groups attached to an aromatic ring is 1. The summed E-state index contributed by atoms with van der Waals surface area (Å²) in [6.07, 6.45) is 1.94. The van der Waals surface area contributed by atoms with E-state index in [9.17, 15) is 4.39 Å². The fourth-order valence-electron chi connectivity index (χ4n) is 4.28. The van der Waals surface area contributed by atoms with Gasteiger partial charge >= 0.3 is 0 Å². The highest BCUT2D eigenvalue weighted by Crippen LogP contribution is 2.37. The van der Waals surface area contributed by atoms with Crippen LogP contribution in [0.2, 0.25) is 0 Å². The van der Waals surface area contributed by atoms with Crippen molar-refractivity contribution in [1.82, 2.24) is 9.88 Å². The minimum atomic E-state index is -0.366. The third-order valence-electron chi connectivity index (χ3n) is 6.02. The molecule has 0 amide bonds. The van der Waals surface area contributed by atoms with Gasteiger partial charge in [-0.1, -0.05) is 48.5 Å². The van der Waals surface area contributed by atoms with E-state index < -0.39 is 0 Å². The zero-order valence-electron chi connectivity index (χ0n) is 18.7. The second-order valence-electron chi connectivity index (χ2n) is 8.18. The summed E-state index contributed by atoms with van der Waals surface area (Å²) >= 11 is 0. The Labute approximate surface area is 192 Å². The molecule has 3 aromatic carbocycles. The Hall–Kier alpha value is -3.51. The highest BCUT2D eigenvalue weighted by atomic mass is 19.1. The molecule has 1 aromatic heterocycles. The average Bonchev–Trinajstić information content (AvgIpc) is 3.09. The van der Waals surface area contributed by atoms with Crippen LogP contribution in [0.3, 0.4) is 0 Å². The second kappa shape index (κ2) is 9.96. The van der Waals surface area contributed by atoms with E-state index in [0.717, 1.165) is 41.4 Å². The molecule has 0 aliphatic rings. The van der Waals surface area contributed by atoms with Crippen molar-refractivity contribution in [2.24, 2.45) is 0 Å². The Morgan fingerprint density at radius 1 is 1.00 bits per heavy atom. The monoisotopic (exact) mass is 446 g/mol. The van der Waals surface area contributed by atoms with Crippen LogP contribution >= 0.6 is 0 Å². The van der Waals surface area contributed by atoms with Gasteiger partial charge in [-0.25, -0.2) is 8.78 Å². The van der Waals surface area contributed by atoms with Gasteiger partial charge in [-0.3, -0.25) is 0 Å². The number of hydrogen-bond donors (Lipinski definition) is 3. The van der Waals surface area contributed by atoms with Gasteiger partial charge < -0.3 is 21.0 Å². The van der Waals surface area contributed by atoms with E-state index in [4.69, 9.17) is 11.1 Å². The Balaban J connectivity index is 1.77. The molecular formula is C27H28F2N4. The number of hydrogen-bond acceptors (Lipinski definition) is 3. The van der Waals surface area contributed by atoms with Crippen molar-refractivity contribution < 1.29 is 8.78 Å². The third kappa shape index (κ3) is 4.52. The van der Waals surface area contributed by atoms with Gasteiger partial charge in [0.1, 0.15) is 6.67 Å². The summed E-state index contributed by atoms with van der Waals surface area (Å²) < 4.78 is 30.1. The standard InChI is InChI=1S/C27H28F2N4/c1-18-4-2-3-5-21(18)27-26(29)25-22(16-30)23(31)10-11-24(25)33(27)17-20-8-6-19(7-9-20)12-14-32-15-13-28/h2-11,16,30,32H,12-15,17,31H2,1H3. The van der Waals surface area contributed by atoms with E-state index in [-0.39, 0.29) is 12.5 Å². The van der Waals surface area contributed by atoms with E-state index in [2.05, 4.69) is 17.4 Å². The van der Waals surface area contributed by atoms with Gasteiger partial charge in [0.05, 0.1) is 11.2 Å². The molecule has 170 valence electrons. The van der Waals surface area contributed by atoms with Crippen molar-refractivity contribution in [3.8, 4) is 11.3 Å². The van der Waals surface area contributed by atoms with E-state index in [1.807, 2.05) is 54.0 Å². The minimum Gasteiger partial charge on any atom is -0.398 e. The Morgan fingerprint density at radius 2 is 1.73 bits per heavy atom. The maximum atomic E-state index is 15.9. The van der Waals surface area contributed by atoms with Crippen LogP contribution in [0.25, 0.3) is 22.2 Å². The summed E-state index contributed by atoms with van der Waals surface area (Å²) in [4.78, 5) is 0. The molecule has 4 aromatic rings. The molecular weight excluding hydrogens is 418 g/mol. The van der Waals surface area contributed by atoms with Crippen molar-refractivity contribution >= 4 is 22.8 Å². The highest BCUT2D eigenvalue weighted by Gasteiger charge is 2.23. The number of alkyl halides is 1. The summed E-state index contributed by atoms with van der Waals surface area (Å²) in [6, 6.07) is 19.5. The van der Waals surface area contributed by atoms with Crippen LogP contribution in [0.1, 0.15) is 22.3 Å². The normalized spacial score (nSPS) is 11.2. The largest absolute Gasteiger partial charge is 0.398 e. The lowest BCUT2D eigenvalue weighted by atomic mass is 10.0. The zero-order valence-corrected chi connectivity index (χ0v) is 18.7. The lowest BCUT2D eigenvalue weighted by Crippen LogP contribution is -2.19. The van der Waals surface area contributed by atoms with Crippen molar-refractivity contribution in [3.63, 3.8) is 0 Å². The number of anilines is 1. The molecule has 1 heterocycles. The number of halogens is 2. The van der Waals surface area contributed by atoms with Gasteiger partial charge in [-0.05, 0) is 48.7 Å². The lowest BCUT2D eigenvalue weighted by molar-refractivity contribution is 0.468. The number of aryl methyl sites for hydroxylation is 1. The molecule has 0 saturated carbocycles. The summed E-state index contributed by atoms with van der Waals surface area (Å²) in [5, 5.41) is 11.2. The molecule has 33 heavy (non-hydrogen) atoms. The van der Waals surface area contributed by atoms with Crippen LogP contribution in [-0.4, -0.2) is 30.5 Å². The van der Waals surface area contributed by atoms with Gasteiger partial charge in [-0.2, -0.15) is 0 Å². The summed E-state index contributed by atoms with van der Waals surface area (Å²) in [7, 11) is 0. The molecule has 0 fully saturated rings. The SMILES string of the molecule is Cc1ccccc1-c1c(F)c2c(C=N)c(N)ccc2n1Cc1ccc(CCNCCF)cc1. The van der Waals surface area contributed by atoms with Gasteiger partial charge in [0.15, 0.2) is 5.82 Å². The predicted molar refractivity (Wildman–Crippen MR) is 132 cm³/mol. The number of rotatable bonds is 9. The van der Waals surface area contributed by atoms with Gasteiger partial charge in [0.2, 0.25) is 0 Å².